The van der Waals surface area contributed by atoms with Crippen molar-refractivity contribution in [3.05, 3.63) is 169 Å². The lowest BCUT2D eigenvalue weighted by atomic mass is 9.99. The van der Waals surface area contributed by atoms with Gasteiger partial charge in [-0.25, -0.2) is 19.9 Å². The van der Waals surface area contributed by atoms with Crippen molar-refractivity contribution in [2.45, 2.75) is 0 Å². The van der Waals surface area contributed by atoms with Crippen LogP contribution in [-0.2, 0) is 0 Å². The highest BCUT2D eigenvalue weighted by atomic mass is 14.9. The Balaban J connectivity index is 1.20. The summed E-state index contributed by atoms with van der Waals surface area (Å²) < 4.78 is 0. The van der Waals surface area contributed by atoms with Crippen LogP contribution in [0.3, 0.4) is 0 Å². The highest BCUT2D eigenvalue weighted by Gasteiger charge is 2.15. The molecule has 0 atom stereocenters. The lowest BCUT2D eigenvalue weighted by Crippen LogP contribution is -1.97. The Morgan fingerprint density at radius 1 is 0.354 bits per heavy atom. The smallest absolute Gasteiger partial charge is 0.160 e. The average molecular weight is 614 g/mol. The summed E-state index contributed by atoms with van der Waals surface area (Å²) in [7, 11) is 0. The second kappa shape index (κ2) is 12.6. The number of rotatable bonds is 6. The van der Waals surface area contributed by atoms with Gasteiger partial charge in [-0.3, -0.25) is 0 Å². The fourth-order valence-corrected chi connectivity index (χ4v) is 5.83. The Bertz CT molecular complexity index is 2410. The highest BCUT2D eigenvalue weighted by molar-refractivity contribution is 5.87. The molecule has 5 nitrogen and oxygen atoms in total. The van der Waals surface area contributed by atoms with Gasteiger partial charge in [0, 0.05) is 27.8 Å². The Morgan fingerprint density at radius 2 is 0.750 bits per heavy atom. The van der Waals surface area contributed by atoms with Crippen LogP contribution in [0.1, 0.15) is 5.56 Å². The molecular formula is C43H27N5. The van der Waals surface area contributed by atoms with Crippen molar-refractivity contribution in [3.63, 3.8) is 0 Å². The SMILES string of the molecule is N#Cc1ccc(-c2nc3ccccc3nc2-c2ccc(-c3cc(-c4ccc(-c5ccccc5)cc4)nc(-c4ccccc4)n3)cc2)cc1. The first-order chi connectivity index (χ1) is 23.7. The van der Waals surface area contributed by atoms with Crippen LogP contribution >= 0.6 is 0 Å². The summed E-state index contributed by atoms with van der Waals surface area (Å²) in [5, 5.41) is 9.32. The molecule has 2 aromatic heterocycles. The molecule has 0 N–H and O–H groups in total. The summed E-state index contributed by atoms with van der Waals surface area (Å²) in [6, 6.07) is 56.9. The number of hydrogen-bond donors (Lipinski definition) is 0. The van der Waals surface area contributed by atoms with Crippen molar-refractivity contribution in [2.75, 3.05) is 0 Å². The molecule has 0 saturated carbocycles. The molecule has 0 unspecified atom stereocenters. The van der Waals surface area contributed by atoms with E-state index in [4.69, 9.17) is 19.9 Å². The molecular weight excluding hydrogens is 587 g/mol. The second-order valence-electron chi connectivity index (χ2n) is 11.4. The van der Waals surface area contributed by atoms with Crippen molar-refractivity contribution in [3.8, 4) is 73.6 Å². The number of fused-ring (bicyclic) bond motifs is 1. The van der Waals surface area contributed by atoms with E-state index in [9.17, 15) is 5.26 Å². The van der Waals surface area contributed by atoms with Gasteiger partial charge in [0.2, 0.25) is 0 Å². The molecule has 0 aliphatic carbocycles. The first-order valence-corrected chi connectivity index (χ1v) is 15.7. The fraction of sp³-hybridized carbons (Fsp3) is 0. The van der Waals surface area contributed by atoms with E-state index in [1.165, 1.54) is 5.56 Å². The quantitative estimate of drug-likeness (QED) is 0.187. The molecule has 0 fully saturated rings. The van der Waals surface area contributed by atoms with Gasteiger partial charge in [0.05, 0.1) is 45.4 Å². The predicted octanol–water partition coefficient (Wildman–Crippen LogP) is 10.3. The number of benzene rings is 6. The lowest BCUT2D eigenvalue weighted by Gasteiger charge is -2.12. The third-order valence-electron chi connectivity index (χ3n) is 8.36. The van der Waals surface area contributed by atoms with Crippen LogP contribution in [0.5, 0.6) is 0 Å². The molecule has 8 rings (SSSR count). The summed E-state index contributed by atoms with van der Waals surface area (Å²) in [4.78, 5) is 20.1. The van der Waals surface area contributed by atoms with Gasteiger partial charge in [-0.15, -0.1) is 0 Å². The molecule has 0 radical (unpaired) electrons. The minimum atomic E-state index is 0.602. The third kappa shape index (κ3) is 5.71. The maximum atomic E-state index is 9.32. The van der Waals surface area contributed by atoms with Crippen molar-refractivity contribution < 1.29 is 0 Å². The van der Waals surface area contributed by atoms with Gasteiger partial charge in [-0.2, -0.15) is 5.26 Å². The molecule has 224 valence electrons. The summed E-state index contributed by atoms with van der Waals surface area (Å²) in [5.41, 5.74) is 12.6. The van der Waals surface area contributed by atoms with Crippen molar-refractivity contribution in [1.29, 1.82) is 5.26 Å². The molecule has 5 heteroatoms. The number of hydrogen-bond acceptors (Lipinski definition) is 5. The van der Waals surface area contributed by atoms with E-state index < -0.39 is 0 Å². The number of nitrogens with zero attached hydrogens (tertiary/aromatic N) is 5. The van der Waals surface area contributed by atoms with Crippen LogP contribution in [0.4, 0.5) is 0 Å². The molecule has 0 saturated heterocycles. The molecule has 0 amide bonds. The minimum Gasteiger partial charge on any atom is -0.244 e. The van der Waals surface area contributed by atoms with Gasteiger partial charge in [0.15, 0.2) is 5.82 Å². The molecule has 6 aromatic carbocycles. The van der Waals surface area contributed by atoms with Gasteiger partial charge >= 0.3 is 0 Å². The average Bonchev–Trinajstić information content (AvgIpc) is 3.18. The summed E-state index contributed by atoms with van der Waals surface area (Å²) in [5.74, 6) is 0.669. The van der Waals surface area contributed by atoms with Crippen LogP contribution in [0.25, 0.3) is 78.6 Å². The van der Waals surface area contributed by atoms with Gasteiger partial charge < -0.3 is 0 Å². The molecule has 2 heterocycles. The monoisotopic (exact) mass is 613 g/mol. The third-order valence-corrected chi connectivity index (χ3v) is 8.36. The Labute approximate surface area is 278 Å². The summed E-state index contributed by atoms with van der Waals surface area (Å²) in [6.07, 6.45) is 0. The van der Waals surface area contributed by atoms with E-state index in [1.54, 1.807) is 0 Å². The molecule has 0 bridgehead atoms. The molecule has 48 heavy (non-hydrogen) atoms. The standard InChI is InChI=1S/C43H27N5/c44-28-29-15-17-34(18-16-29)41-42(46-38-14-8-7-13-37(38)45-41)35-25-23-33(24-26-35)40-27-39(47-43(48-40)36-11-5-2-6-12-36)32-21-19-31(20-22-32)30-9-3-1-4-10-30/h1-27H. The highest BCUT2D eigenvalue weighted by Crippen LogP contribution is 2.34. The zero-order valence-corrected chi connectivity index (χ0v) is 25.8. The second-order valence-corrected chi connectivity index (χ2v) is 11.4. The van der Waals surface area contributed by atoms with E-state index in [-0.39, 0.29) is 0 Å². The van der Waals surface area contributed by atoms with Gasteiger partial charge in [-0.1, -0.05) is 133 Å². The van der Waals surface area contributed by atoms with Crippen LogP contribution in [0, 0.1) is 11.3 Å². The predicted molar refractivity (Wildman–Crippen MR) is 192 cm³/mol. The van der Waals surface area contributed by atoms with E-state index in [1.807, 2.05) is 84.9 Å². The van der Waals surface area contributed by atoms with E-state index >= 15 is 0 Å². The zero-order valence-electron chi connectivity index (χ0n) is 25.8. The number of para-hydroxylation sites is 2. The fourth-order valence-electron chi connectivity index (χ4n) is 5.83. The van der Waals surface area contributed by atoms with Crippen molar-refractivity contribution >= 4 is 11.0 Å². The minimum absolute atomic E-state index is 0.602. The lowest BCUT2D eigenvalue weighted by molar-refractivity contribution is 1.18. The van der Waals surface area contributed by atoms with E-state index in [0.717, 1.165) is 67.2 Å². The largest absolute Gasteiger partial charge is 0.244 e. The molecule has 0 spiro atoms. The summed E-state index contributed by atoms with van der Waals surface area (Å²) in [6.45, 7) is 0. The first kappa shape index (κ1) is 28.7. The van der Waals surface area contributed by atoms with Crippen LogP contribution < -0.4 is 0 Å². The molecule has 8 aromatic rings. The van der Waals surface area contributed by atoms with Crippen molar-refractivity contribution in [1.82, 2.24) is 19.9 Å². The van der Waals surface area contributed by atoms with Gasteiger partial charge in [-0.05, 0) is 41.5 Å². The zero-order chi connectivity index (χ0) is 32.3. The van der Waals surface area contributed by atoms with Gasteiger partial charge in [0.1, 0.15) is 0 Å². The maximum absolute atomic E-state index is 9.32. The summed E-state index contributed by atoms with van der Waals surface area (Å²) >= 11 is 0. The van der Waals surface area contributed by atoms with Gasteiger partial charge in [0.25, 0.3) is 0 Å². The van der Waals surface area contributed by atoms with E-state index in [0.29, 0.717) is 11.4 Å². The molecule has 0 aliphatic rings. The van der Waals surface area contributed by atoms with E-state index in [2.05, 4.69) is 84.9 Å². The Kier molecular flexibility index (Phi) is 7.50. The number of nitriles is 1. The van der Waals surface area contributed by atoms with Crippen LogP contribution in [0.2, 0.25) is 0 Å². The normalized spacial score (nSPS) is 10.9. The maximum Gasteiger partial charge on any atom is 0.160 e. The van der Waals surface area contributed by atoms with Crippen molar-refractivity contribution in [2.24, 2.45) is 0 Å². The topological polar surface area (TPSA) is 75.3 Å². The first-order valence-electron chi connectivity index (χ1n) is 15.7. The molecule has 0 aliphatic heterocycles. The Hall–Kier alpha value is -6.77. The Morgan fingerprint density at radius 3 is 1.25 bits per heavy atom. The van der Waals surface area contributed by atoms with Crippen LogP contribution in [-0.4, -0.2) is 19.9 Å². The number of aromatic nitrogens is 4. The van der Waals surface area contributed by atoms with Crippen LogP contribution in [0.15, 0.2) is 164 Å².